The first-order chi connectivity index (χ1) is 25.8. The Morgan fingerprint density at radius 1 is 0.404 bits per heavy atom. The van der Waals surface area contributed by atoms with Crippen molar-refractivity contribution in [2.45, 2.75) is 0 Å². The quantitative estimate of drug-likeness (QED) is 0.184. The van der Waals surface area contributed by atoms with Crippen LogP contribution in [0.3, 0.4) is 0 Å². The normalized spacial score (nSPS) is 11.4. The molecule has 0 aliphatic carbocycles. The second kappa shape index (κ2) is 11.9. The average molecular weight is 664 g/mol. The van der Waals surface area contributed by atoms with Gasteiger partial charge in [-0.1, -0.05) is 140 Å². The highest BCUT2D eigenvalue weighted by Gasteiger charge is 2.23. The lowest BCUT2D eigenvalue weighted by Gasteiger charge is -2.13. The van der Waals surface area contributed by atoms with E-state index in [1.807, 2.05) is 60.7 Å². The average Bonchev–Trinajstić information content (AvgIpc) is 3.74. The van der Waals surface area contributed by atoms with Gasteiger partial charge in [-0.2, -0.15) is 5.26 Å². The minimum Gasteiger partial charge on any atom is -0.307 e. The number of nitrogens with zero attached hydrogens (tertiary/aromatic N) is 5. The van der Waals surface area contributed by atoms with Crippen molar-refractivity contribution in [3.8, 4) is 51.3 Å². The number of nitriles is 1. The molecule has 0 spiro atoms. The number of fused-ring (bicyclic) bond motifs is 7. The summed E-state index contributed by atoms with van der Waals surface area (Å²) in [7, 11) is 0. The Hall–Kier alpha value is -7.29. The van der Waals surface area contributed by atoms with Gasteiger partial charge in [-0.25, -0.2) is 9.97 Å². The highest BCUT2D eigenvalue weighted by Crippen LogP contribution is 2.42. The van der Waals surface area contributed by atoms with Crippen LogP contribution in [-0.2, 0) is 0 Å². The Morgan fingerprint density at radius 3 is 1.38 bits per heavy atom. The predicted molar refractivity (Wildman–Crippen MR) is 212 cm³/mol. The molecule has 0 amide bonds. The van der Waals surface area contributed by atoms with Crippen LogP contribution in [0.15, 0.2) is 176 Å². The summed E-state index contributed by atoms with van der Waals surface area (Å²) in [5.74, 6) is 0.562. The Balaban J connectivity index is 1.32. The molecule has 0 bridgehead atoms. The van der Waals surface area contributed by atoms with Crippen LogP contribution >= 0.6 is 0 Å². The smallest absolute Gasteiger partial charge is 0.160 e. The third-order valence-corrected chi connectivity index (χ3v) is 9.96. The van der Waals surface area contributed by atoms with Crippen LogP contribution < -0.4 is 0 Å². The first-order valence-electron chi connectivity index (χ1n) is 17.3. The van der Waals surface area contributed by atoms with E-state index in [1.165, 1.54) is 10.8 Å². The van der Waals surface area contributed by atoms with Crippen molar-refractivity contribution in [2.75, 3.05) is 0 Å². The maximum absolute atomic E-state index is 10.5. The molecule has 0 saturated carbocycles. The van der Waals surface area contributed by atoms with E-state index < -0.39 is 0 Å². The highest BCUT2D eigenvalue weighted by atomic mass is 15.0. The van der Waals surface area contributed by atoms with Crippen molar-refractivity contribution in [3.05, 3.63) is 181 Å². The van der Waals surface area contributed by atoms with Gasteiger partial charge >= 0.3 is 0 Å². The number of benzene rings is 7. The molecule has 5 heteroatoms. The summed E-state index contributed by atoms with van der Waals surface area (Å²) in [6.07, 6.45) is 0. The fraction of sp³-hybridized carbons (Fsp3) is 0. The van der Waals surface area contributed by atoms with Crippen molar-refractivity contribution < 1.29 is 0 Å². The van der Waals surface area contributed by atoms with Gasteiger partial charge < -0.3 is 9.13 Å². The molecule has 0 radical (unpaired) electrons. The van der Waals surface area contributed by atoms with Crippen LogP contribution in [0.2, 0.25) is 0 Å². The summed E-state index contributed by atoms with van der Waals surface area (Å²) in [6.45, 7) is 0. The summed E-state index contributed by atoms with van der Waals surface area (Å²) in [6, 6.07) is 63.1. The topological polar surface area (TPSA) is 59.4 Å². The number of hydrogen-bond acceptors (Lipinski definition) is 3. The van der Waals surface area contributed by atoms with E-state index in [1.54, 1.807) is 0 Å². The summed E-state index contributed by atoms with van der Waals surface area (Å²) >= 11 is 0. The zero-order valence-electron chi connectivity index (χ0n) is 28.0. The van der Waals surface area contributed by atoms with Crippen LogP contribution in [0.1, 0.15) is 5.56 Å². The van der Waals surface area contributed by atoms with E-state index in [2.05, 4.69) is 130 Å². The zero-order chi connectivity index (χ0) is 34.6. The van der Waals surface area contributed by atoms with Crippen molar-refractivity contribution in [1.29, 1.82) is 5.26 Å². The molecule has 7 aromatic carbocycles. The van der Waals surface area contributed by atoms with E-state index in [-0.39, 0.29) is 0 Å². The van der Waals surface area contributed by atoms with Gasteiger partial charge in [0.2, 0.25) is 0 Å². The molecular formula is C47H29N5. The number of aromatic nitrogens is 4. The molecule has 5 nitrogen and oxygen atoms in total. The molecule has 0 N–H and O–H groups in total. The second-order valence-corrected chi connectivity index (χ2v) is 12.9. The maximum atomic E-state index is 10.5. The molecule has 52 heavy (non-hydrogen) atoms. The molecule has 0 saturated heterocycles. The van der Waals surface area contributed by atoms with Crippen LogP contribution in [0.5, 0.6) is 0 Å². The first kappa shape index (κ1) is 29.6. The lowest BCUT2D eigenvalue weighted by atomic mass is 10.00. The van der Waals surface area contributed by atoms with Gasteiger partial charge in [-0.15, -0.1) is 0 Å². The monoisotopic (exact) mass is 663 g/mol. The molecule has 242 valence electrons. The standard InChI is InChI=1S/C47H29N5/c48-30-40-43(31-15-5-1-6-16-31)49-47(50-44(40)32-17-7-2-8-18-32)33-25-26-37-39-28-27-38-36-23-13-14-24-41(36)51(34-19-9-3-10-20-34)45(38)46(39)52(42(37)29-33)35-21-11-4-12-22-35/h1-29H. The van der Waals surface area contributed by atoms with Crippen LogP contribution in [0, 0.1) is 11.3 Å². The Labute approximate surface area is 299 Å². The van der Waals surface area contributed by atoms with Gasteiger partial charge in [-0.3, -0.25) is 0 Å². The lowest BCUT2D eigenvalue weighted by molar-refractivity contribution is 1.14. The largest absolute Gasteiger partial charge is 0.307 e. The number of hydrogen-bond donors (Lipinski definition) is 0. The minimum absolute atomic E-state index is 0.455. The molecule has 3 aromatic heterocycles. The molecular weight excluding hydrogens is 635 g/mol. The van der Waals surface area contributed by atoms with Gasteiger partial charge in [0.1, 0.15) is 11.6 Å². The van der Waals surface area contributed by atoms with Crippen LogP contribution in [-0.4, -0.2) is 19.1 Å². The Bertz CT molecular complexity index is 2930. The van der Waals surface area contributed by atoms with Crippen molar-refractivity contribution in [1.82, 2.24) is 19.1 Å². The fourth-order valence-corrected chi connectivity index (χ4v) is 7.68. The van der Waals surface area contributed by atoms with Gasteiger partial charge in [0.25, 0.3) is 0 Å². The van der Waals surface area contributed by atoms with E-state index in [9.17, 15) is 5.26 Å². The molecule has 0 fully saturated rings. The zero-order valence-corrected chi connectivity index (χ0v) is 28.0. The molecule has 0 unspecified atom stereocenters. The number of para-hydroxylation sites is 3. The fourth-order valence-electron chi connectivity index (χ4n) is 7.68. The summed E-state index contributed by atoms with van der Waals surface area (Å²) in [4.78, 5) is 10.2. The van der Waals surface area contributed by atoms with E-state index in [0.29, 0.717) is 22.8 Å². The Kier molecular flexibility index (Phi) is 6.80. The van der Waals surface area contributed by atoms with E-state index in [0.717, 1.165) is 60.9 Å². The first-order valence-corrected chi connectivity index (χ1v) is 17.3. The molecule has 3 heterocycles. The van der Waals surface area contributed by atoms with Gasteiger partial charge in [0.15, 0.2) is 5.82 Å². The third kappa shape index (κ3) is 4.56. The van der Waals surface area contributed by atoms with Crippen molar-refractivity contribution in [3.63, 3.8) is 0 Å². The summed E-state index contributed by atoms with van der Waals surface area (Å²) in [5.41, 5.74) is 11.0. The minimum atomic E-state index is 0.455. The van der Waals surface area contributed by atoms with E-state index in [4.69, 9.17) is 9.97 Å². The molecule has 0 atom stereocenters. The third-order valence-electron chi connectivity index (χ3n) is 9.96. The highest BCUT2D eigenvalue weighted by molar-refractivity contribution is 6.24. The molecule has 0 aliphatic heterocycles. The van der Waals surface area contributed by atoms with Gasteiger partial charge in [0, 0.05) is 49.6 Å². The SMILES string of the molecule is N#Cc1c(-c2ccccc2)nc(-c2ccc3c4ccc5c6ccccc6n(-c6ccccc6)c5c4n(-c4ccccc4)c3c2)nc1-c1ccccc1. The molecule has 10 aromatic rings. The van der Waals surface area contributed by atoms with Crippen LogP contribution in [0.25, 0.3) is 88.9 Å². The summed E-state index contributed by atoms with van der Waals surface area (Å²) < 4.78 is 4.78. The van der Waals surface area contributed by atoms with Crippen molar-refractivity contribution >= 4 is 43.6 Å². The number of rotatable bonds is 5. The second-order valence-electron chi connectivity index (χ2n) is 12.9. The van der Waals surface area contributed by atoms with Crippen LogP contribution in [0.4, 0.5) is 0 Å². The lowest BCUT2D eigenvalue weighted by Crippen LogP contribution is -2.01. The molecule has 10 rings (SSSR count). The van der Waals surface area contributed by atoms with E-state index >= 15 is 0 Å². The molecule has 0 aliphatic rings. The Morgan fingerprint density at radius 2 is 0.846 bits per heavy atom. The summed E-state index contributed by atoms with van der Waals surface area (Å²) in [5, 5.41) is 15.2. The maximum Gasteiger partial charge on any atom is 0.160 e. The van der Waals surface area contributed by atoms with Gasteiger partial charge in [-0.05, 0) is 36.4 Å². The van der Waals surface area contributed by atoms with Crippen molar-refractivity contribution in [2.24, 2.45) is 0 Å². The van der Waals surface area contributed by atoms with Gasteiger partial charge in [0.05, 0.1) is 33.5 Å². The predicted octanol–water partition coefficient (Wildman–Crippen LogP) is 11.5.